The number of carbonyl (C=O) groups is 1. The number of nitrogens with two attached hydrogens (primary N) is 1. The number of hydrogen-bond donors (Lipinski definition) is 2. The SMILES string of the molecule is COc1ccc(S(=O)(=O)N[C@H]2CCCC[C@H]2C(N)=O)c(C)c1C. The van der Waals surface area contributed by atoms with E-state index in [2.05, 4.69) is 4.72 Å². The van der Waals surface area contributed by atoms with Crippen molar-refractivity contribution in [3.63, 3.8) is 0 Å². The van der Waals surface area contributed by atoms with Crippen LogP contribution in [0.2, 0.25) is 0 Å². The molecule has 7 heteroatoms. The van der Waals surface area contributed by atoms with Gasteiger partial charge in [-0.3, -0.25) is 4.79 Å². The topological polar surface area (TPSA) is 98.5 Å². The van der Waals surface area contributed by atoms with E-state index in [0.717, 1.165) is 18.4 Å². The van der Waals surface area contributed by atoms with Gasteiger partial charge in [0.1, 0.15) is 5.75 Å². The Kier molecular flexibility index (Phi) is 5.31. The molecule has 1 aliphatic carbocycles. The van der Waals surface area contributed by atoms with E-state index in [4.69, 9.17) is 10.5 Å². The second-order valence-corrected chi connectivity index (χ2v) is 7.72. The highest BCUT2D eigenvalue weighted by atomic mass is 32.2. The summed E-state index contributed by atoms with van der Waals surface area (Å²) in [6, 6.07) is 2.74. The Morgan fingerprint density at radius 1 is 1.22 bits per heavy atom. The third-order valence-electron chi connectivity index (χ3n) is 4.64. The summed E-state index contributed by atoms with van der Waals surface area (Å²) >= 11 is 0. The smallest absolute Gasteiger partial charge is 0.241 e. The predicted molar refractivity (Wildman–Crippen MR) is 87.7 cm³/mol. The fourth-order valence-electron chi connectivity index (χ4n) is 3.16. The second kappa shape index (κ2) is 6.88. The van der Waals surface area contributed by atoms with Gasteiger partial charge in [-0.25, -0.2) is 13.1 Å². The molecule has 1 aromatic rings. The molecule has 0 saturated heterocycles. The molecule has 2 atom stereocenters. The molecule has 0 heterocycles. The fraction of sp³-hybridized carbons (Fsp3) is 0.562. The van der Waals surface area contributed by atoms with Gasteiger partial charge in [0.05, 0.1) is 17.9 Å². The van der Waals surface area contributed by atoms with Crippen LogP contribution in [-0.2, 0) is 14.8 Å². The fourth-order valence-corrected chi connectivity index (χ4v) is 4.77. The van der Waals surface area contributed by atoms with Crippen LogP contribution in [-0.4, -0.2) is 27.5 Å². The Morgan fingerprint density at radius 2 is 1.87 bits per heavy atom. The summed E-state index contributed by atoms with van der Waals surface area (Å²) in [5.74, 6) is -0.243. The van der Waals surface area contributed by atoms with E-state index in [1.807, 2.05) is 6.92 Å². The largest absolute Gasteiger partial charge is 0.496 e. The van der Waals surface area contributed by atoms with Crippen LogP contribution < -0.4 is 15.2 Å². The lowest BCUT2D eigenvalue weighted by molar-refractivity contribution is -0.123. The lowest BCUT2D eigenvalue weighted by Crippen LogP contribution is -2.47. The van der Waals surface area contributed by atoms with Gasteiger partial charge in [0.25, 0.3) is 0 Å². The Bertz CT molecular complexity index is 700. The zero-order valence-corrected chi connectivity index (χ0v) is 14.6. The van der Waals surface area contributed by atoms with E-state index < -0.39 is 27.9 Å². The number of sulfonamides is 1. The molecule has 1 fully saturated rings. The maximum absolute atomic E-state index is 12.7. The predicted octanol–water partition coefficient (Wildman–Crippen LogP) is 1.63. The maximum atomic E-state index is 12.7. The summed E-state index contributed by atoms with van der Waals surface area (Å²) in [5.41, 5.74) is 6.84. The minimum atomic E-state index is -3.72. The van der Waals surface area contributed by atoms with Gasteiger partial charge in [0.2, 0.25) is 15.9 Å². The average molecular weight is 340 g/mol. The van der Waals surface area contributed by atoms with Crippen LogP contribution in [0.5, 0.6) is 5.75 Å². The number of primary amides is 1. The third kappa shape index (κ3) is 3.67. The molecule has 0 spiro atoms. The summed E-state index contributed by atoms with van der Waals surface area (Å²) in [5, 5.41) is 0. The molecule has 23 heavy (non-hydrogen) atoms. The van der Waals surface area contributed by atoms with Gasteiger partial charge in [-0.2, -0.15) is 0 Å². The van der Waals surface area contributed by atoms with Crippen molar-refractivity contribution >= 4 is 15.9 Å². The lowest BCUT2D eigenvalue weighted by Gasteiger charge is -2.30. The minimum absolute atomic E-state index is 0.213. The van der Waals surface area contributed by atoms with Crippen molar-refractivity contribution in [2.45, 2.75) is 50.5 Å². The van der Waals surface area contributed by atoms with Crippen LogP contribution in [0.3, 0.4) is 0 Å². The Labute approximate surface area is 137 Å². The molecule has 128 valence electrons. The van der Waals surface area contributed by atoms with Crippen molar-refractivity contribution in [1.82, 2.24) is 4.72 Å². The standard InChI is InChI=1S/C16H24N2O4S/c1-10-11(2)15(9-8-14(10)22-3)23(20,21)18-13-7-5-4-6-12(13)16(17)19/h8-9,12-13,18H,4-7H2,1-3H3,(H2,17,19)/t12-,13+/m1/s1. The highest BCUT2D eigenvalue weighted by Gasteiger charge is 2.33. The number of amides is 1. The normalized spacial score (nSPS) is 21.9. The zero-order valence-electron chi connectivity index (χ0n) is 13.8. The first-order chi connectivity index (χ1) is 10.8. The molecule has 0 aromatic heterocycles. The average Bonchev–Trinajstić information content (AvgIpc) is 2.49. The maximum Gasteiger partial charge on any atom is 0.241 e. The monoisotopic (exact) mass is 340 g/mol. The van der Waals surface area contributed by atoms with Gasteiger partial charge in [-0.1, -0.05) is 12.8 Å². The molecule has 1 amide bonds. The van der Waals surface area contributed by atoms with E-state index in [-0.39, 0.29) is 4.90 Å². The van der Waals surface area contributed by atoms with E-state index in [1.165, 1.54) is 6.07 Å². The highest BCUT2D eigenvalue weighted by Crippen LogP contribution is 2.29. The number of rotatable bonds is 5. The van der Waals surface area contributed by atoms with Crippen LogP contribution in [0.25, 0.3) is 0 Å². The van der Waals surface area contributed by atoms with Crippen molar-refractivity contribution in [3.8, 4) is 5.75 Å². The summed E-state index contributed by atoms with van der Waals surface area (Å²) in [6.45, 7) is 3.57. The molecule has 0 aliphatic heterocycles. The van der Waals surface area contributed by atoms with Gasteiger partial charge in [0.15, 0.2) is 0 Å². The van der Waals surface area contributed by atoms with Crippen LogP contribution in [0.15, 0.2) is 17.0 Å². The first-order valence-corrected chi connectivity index (χ1v) is 9.22. The lowest BCUT2D eigenvalue weighted by atomic mass is 9.85. The van der Waals surface area contributed by atoms with Gasteiger partial charge >= 0.3 is 0 Å². The minimum Gasteiger partial charge on any atom is -0.496 e. The van der Waals surface area contributed by atoms with Crippen molar-refractivity contribution in [3.05, 3.63) is 23.3 Å². The number of nitrogens with one attached hydrogen (secondary N) is 1. The van der Waals surface area contributed by atoms with Gasteiger partial charge < -0.3 is 10.5 Å². The van der Waals surface area contributed by atoms with Crippen molar-refractivity contribution in [1.29, 1.82) is 0 Å². The Balaban J connectivity index is 2.32. The van der Waals surface area contributed by atoms with Crippen LogP contribution in [0.4, 0.5) is 0 Å². The van der Waals surface area contributed by atoms with Crippen LogP contribution in [0.1, 0.15) is 36.8 Å². The first-order valence-electron chi connectivity index (χ1n) is 7.73. The molecule has 1 aromatic carbocycles. The van der Waals surface area contributed by atoms with Crippen molar-refractivity contribution in [2.75, 3.05) is 7.11 Å². The molecule has 1 saturated carbocycles. The summed E-state index contributed by atoms with van der Waals surface area (Å²) in [4.78, 5) is 11.8. The van der Waals surface area contributed by atoms with E-state index in [9.17, 15) is 13.2 Å². The molecular weight excluding hydrogens is 316 g/mol. The number of hydrogen-bond acceptors (Lipinski definition) is 4. The summed E-state index contributed by atoms with van der Waals surface area (Å²) < 4.78 is 33.4. The Morgan fingerprint density at radius 3 is 2.48 bits per heavy atom. The number of ether oxygens (including phenoxy) is 1. The third-order valence-corrected chi connectivity index (χ3v) is 6.27. The molecule has 2 rings (SSSR count). The van der Waals surface area contributed by atoms with Crippen LogP contribution >= 0.6 is 0 Å². The zero-order chi connectivity index (χ0) is 17.2. The van der Waals surface area contributed by atoms with E-state index in [0.29, 0.717) is 24.2 Å². The highest BCUT2D eigenvalue weighted by molar-refractivity contribution is 7.89. The van der Waals surface area contributed by atoms with E-state index in [1.54, 1.807) is 20.1 Å². The van der Waals surface area contributed by atoms with E-state index >= 15 is 0 Å². The van der Waals surface area contributed by atoms with Crippen molar-refractivity contribution in [2.24, 2.45) is 11.7 Å². The molecular formula is C16H24N2O4S. The second-order valence-electron chi connectivity index (χ2n) is 6.04. The van der Waals surface area contributed by atoms with Gasteiger partial charge in [0, 0.05) is 6.04 Å². The molecule has 0 unspecified atom stereocenters. The van der Waals surface area contributed by atoms with Gasteiger partial charge in [-0.15, -0.1) is 0 Å². The molecule has 6 nitrogen and oxygen atoms in total. The van der Waals surface area contributed by atoms with Gasteiger partial charge in [-0.05, 0) is 49.9 Å². The summed E-state index contributed by atoms with van der Waals surface area (Å²) in [7, 11) is -2.17. The Hall–Kier alpha value is -1.60. The number of methoxy groups -OCH3 is 1. The molecule has 3 N–H and O–H groups in total. The molecule has 0 bridgehead atoms. The number of benzene rings is 1. The molecule has 0 radical (unpaired) electrons. The van der Waals surface area contributed by atoms with Crippen LogP contribution in [0, 0.1) is 19.8 Å². The van der Waals surface area contributed by atoms with Crippen molar-refractivity contribution < 1.29 is 17.9 Å². The summed E-state index contributed by atoms with van der Waals surface area (Å²) in [6.07, 6.45) is 3.04. The molecule has 1 aliphatic rings. The first kappa shape index (κ1) is 17.7. The quantitative estimate of drug-likeness (QED) is 0.851. The number of carbonyl (C=O) groups excluding carboxylic acids is 1.